The molecule has 2 aromatic rings. The predicted octanol–water partition coefficient (Wildman–Crippen LogP) is -0.470. The fraction of sp³-hybridized carbons (Fsp3) is 0.292. The van der Waals surface area contributed by atoms with Crippen molar-refractivity contribution in [3.63, 3.8) is 0 Å². The summed E-state index contributed by atoms with van der Waals surface area (Å²) in [5.74, 6) is -3.05. The number of nitrogens with one attached hydrogen (secondary N) is 2. The van der Waals surface area contributed by atoms with Gasteiger partial charge in [0.1, 0.15) is 24.5 Å². The molecule has 38 heavy (non-hydrogen) atoms. The molecule has 2 atom stereocenters. The maximum Gasteiger partial charge on any atom is 0.352 e. The summed E-state index contributed by atoms with van der Waals surface area (Å²) in [6, 6.07) is 1.95. The zero-order chi connectivity index (χ0) is 27.1. The van der Waals surface area contributed by atoms with Crippen LogP contribution in [0.4, 0.5) is 5.13 Å². The fourth-order valence-electron chi connectivity index (χ4n) is 5.15. The third-order valence-electron chi connectivity index (χ3n) is 6.77. The Morgan fingerprint density at radius 1 is 1.34 bits per heavy atom. The normalized spacial score (nSPS) is 22.6. The summed E-state index contributed by atoms with van der Waals surface area (Å²) in [7, 11) is 1.82. The van der Waals surface area contributed by atoms with Gasteiger partial charge in [-0.05, 0) is 30.9 Å². The summed E-state index contributed by atoms with van der Waals surface area (Å²) in [6.45, 7) is 0.436. The number of carbonyl (C=O) groups is 4. The molecule has 2 saturated heterocycles. The Balaban J connectivity index is 1.50. The van der Waals surface area contributed by atoms with E-state index in [0.717, 1.165) is 11.3 Å². The van der Waals surface area contributed by atoms with Gasteiger partial charge in [0.15, 0.2) is 23.2 Å². The first-order chi connectivity index (χ1) is 18.2. The van der Waals surface area contributed by atoms with Crippen molar-refractivity contribution >= 4 is 51.4 Å². The van der Waals surface area contributed by atoms with Crippen LogP contribution in [0.15, 0.2) is 51.9 Å². The maximum absolute atomic E-state index is 13.2. The minimum Gasteiger partial charge on any atom is -0.477 e. The van der Waals surface area contributed by atoms with Crippen LogP contribution in [-0.2, 0) is 26.2 Å². The van der Waals surface area contributed by atoms with Crippen LogP contribution in [0.3, 0.4) is 0 Å². The average molecular weight is 539 g/mol. The topological polar surface area (TPSA) is 191 Å². The summed E-state index contributed by atoms with van der Waals surface area (Å²) in [5, 5.41) is 29.5. The van der Waals surface area contributed by atoms with Crippen LogP contribution < -0.4 is 20.9 Å². The van der Waals surface area contributed by atoms with Gasteiger partial charge in [0.2, 0.25) is 5.91 Å². The number of carboxylic acids is 1. The molecule has 0 aliphatic carbocycles. The van der Waals surface area contributed by atoms with Crippen molar-refractivity contribution in [3.05, 3.63) is 58.0 Å². The highest BCUT2D eigenvalue weighted by atomic mass is 32.1. The van der Waals surface area contributed by atoms with Crippen molar-refractivity contribution in [1.29, 1.82) is 0 Å². The number of nitrogens with zero attached hydrogens (tertiary/aromatic N) is 4. The average Bonchev–Trinajstić information content (AvgIpc) is 3.50. The number of aryl methyl sites for hydroxylation is 1. The van der Waals surface area contributed by atoms with E-state index in [1.807, 2.05) is 13.2 Å². The molecule has 3 aliphatic heterocycles. The minimum absolute atomic E-state index is 0.0512. The number of anilines is 1. The lowest BCUT2D eigenvalue weighted by atomic mass is 9.79. The molecule has 0 unspecified atom stereocenters. The second-order valence-electron chi connectivity index (χ2n) is 9.03. The number of β-lactam (4-membered cyclic amide) rings is 1. The number of hydrogen-bond acceptors (Lipinski definition) is 9. The lowest BCUT2D eigenvalue weighted by Crippen LogP contribution is -2.72. The highest BCUT2D eigenvalue weighted by Crippen LogP contribution is 2.43. The van der Waals surface area contributed by atoms with Gasteiger partial charge in [-0.15, -0.1) is 11.3 Å². The molecule has 13 nitrogen and oxygen atoms in total. The first-order valence-electron chi connectivity index (χ1n) is 11.7. The summed E-state index contributed by atoms with van der Waals surface area (Å²) in [6.07, 6.45) is 4.64. The summed E-state index contributed by atoms with van der Waals surface area (Å²) >= 11 is 1.05. The van der Waals surface area contributed by atoms with E-state index in [1.165, 1.54) is 10.3 Å². The number of aromatic nitrogens is 2. The van der Waals surface area contributed by atoms with E-state index in [9.17, 15) is 29.5 Å². The molecule has 5 heterocycles. The van der Waals surface area contributed by atoms with Gasteiger partial charge in [0.25, 0.3) is 11.8 Å². The molecule has 3 amide bonds. The SMILES string of the molecule is C[n+]1cccc(C(=C2CCNC2=O)C2=C(C(=O)O)N3C(=O)[C@@H](NC(=O)C(=NO)c4csc(N)n4)[C@H]3CC2)c1. The van der Waals surface area contributed by atoms with Gasteiger partial charge >= 0.3 is 5.97 Å². The number of pyridine rings is 1. The number of aliphatic carboxylic acids is 1. The third-order valence-corrected chi connectivity index (χ3v) is 7.45. The largest absolute Gasteiger partial charge is 0.477 e. The molecule has 0 saturated carbocycles. The number of oxime groups is 1. The lowest BCUT2D eigenvalue weighted by molar-refractivity contribution is -0.671. The summed E-state index contributed by atoms with van der Waals surface area (Å²) in [5.41, 5.74) is 7.04. The first-order valence-corrected chi connectivity index (χ1v) is 12.6. The quantitative estimate of drug-likeness (QED) is 0.0814. The number of rotatable bonds is 6. The molecular weight excluding hydrogens is 514 g/mol. The molecule has 6 N–H and O–H groups in total. The molecule has 0 bridgehead atoms. The molecule has 3 aliphatic rings. The monoisotopic (exact) mass is 538 g/mol. The van der Waals surface area contributed by atoms with Crippen LogP contribution in [0.5, 0.6) is 0 Å². The highest BCUT2D eigenvalue weighted by Gasteiger charge is 2.54. The number of carboxylic acid groups (broad SMARTS) is 1. The van der Waals surface area contributed by atoms with Crippen molar-refractivity contribution in [3.8, 4) is 0 Å². The van der Waals surface area contributed by atoms with Gasteiger partial charge in [-0.1, -0.05) is 5.16 Å². The van der Waals surface area contributed by atoms with Crippen LogP contribution in [0, 0.1) is 0 Å². The van der Waals surface area contributed by atoms with Crippen molar-refractivity contribution < 1.29 is 34.1 Å². The van der Waals surface area contributed by atoms with E-state index >= 15 is 0 Å². The molecular formula is C24H24N7O6S+. The minimum atomic E-state index is -1.31. The Morgan fingerprint density at radius 2 is 2.13 bits per heavy atom. The number of amides is 3. The number of hydrogen-bond donors (Lipinski definition) is 5. The predicted molar refractivity (Wildman–Crippen MR) is 133 cm³/mol. The fourth-order valence-corrected chi connectivity index (χ4v) is 5.70. The van der Waals surface area contributed by atoms with Crippen molar-refractivity contribution in [2.24, 2.45) is 12.2 Å². The number of nitrogens with two attached hydrogens (primary N) is 1. The van der Waals surface area contributed by atoms with Crippen LogP contribution >= 0.6 is 11.3 Å². The zero-order valence-electron chi connectivity index (χ0n) is 20.2. The van der Waals surface area contributed by atoms with Crippen molar-refractivity contribution in [2.75, 3.05) is 12.3 Å². The lowest BCUT2D eigenvalue weighted by Gasteiger charge is -2.50. The number of thiazole rings is 1. The van der Waals surface area contributed by atoms with Gasteiger partial charge in [-0.3, -0.25) is 19.3 Å². The van der Waals surface area contributed by atoms with E-state index in [4.69, 9.17) is 5.73 Å². The van der Waals surface area contributed by atoms with E-state index in [-0.39, 0.29) is 28.9 Å². The van der Waals surface area contributed by atoms with Gasteiger partial charge < -0.3 is 26.7 Å². The Morgan fingerprint density at radius 3 is 2.74 bits per heavy atom. The summed E-state index contributed by atoms with van der Waals surface area (Å²) < 4.78 is 1.80. The van der Waals surface area contributed by atoms with Gasteiger partial charge in [-0.25, -0.2) is 14.3 Å². The Hall–Kier alpha value is -4.59. The molecule has 0 radical (unpaired) electrons. The maximum atomic E-state index is 13.2. The highest BCUT2D eigenvalue weighted by molar-refractivity contribution is 7.13. The standard InChI is InChI=1S/C24H23N7O6S/c1-30-8-2-3-11(9-30)16(13-6-7-26-20(13)32)12-4-5-15-18(22(34)31(15)19(12)23(35)36)28-21(33)17(29-37)14-10-38-24(25)27-14/h2-3,8-10,15,18H,4-7H2,1H3,(H5-,25,26,27,28,32,33,35,36,37)/p+1/t15-,18+/m1/s1. The molecule has 196 valence electrons. The second kappa shape index (κ2) is 9.70. The molecule has 2 aromatic heterocycles. The van der Waals surface area contributed by atoms with Gasteiger partial charge in [0, 0.05) is 34.7 Å². The molecule has 2 fully saturated rings. The summed E-state index contributed by atoms with van der Waals surface area (Å²) in [4.78, 5) is 56.3. The van der Waals surface area contributed by atoms with Crippen molar-refractivity contribution in [1.82, 2.24) is 20.5 Å². The van der Waals surface area contributed by atoms with Crippen LogP contribution in [0.1, 0.15) is 30.5 Å². The van der Waals surface area contributed by atoms with E-state index < -0.39 is 35.6 Å². The van der Waals surface area contributed by atoms with E-state index in [2.05, 4.69) is 20.8 Å². The smallest absolute Gasteiger partial charge is 0.352 e. The first kappa shape index (κ1) is 25.1. The van der Waals surface area contributed by atoms with Crippen LogP contribution in [0.25, 0.3) is 5.57 Å². The number of carbonyl (C=O) groups excluding carboxylic acids is 3. The Bertz CT molecular complexity index is 1480. The van der Waals surface area contributed by atoms with E-state index in [0.29, 0.717) is 41.7 Å². The molecule has 0 aromatic carbocycles. The zero-order valence-corrected chi connectivity index (χ0v) is 21.0. The third kappa shape index (κ3) is 4.18. The van der Waals surface area contributed by atoms with Crippen LogP contribution in [0.2, 0.25) is 0 Å². The van der Waals surface area contributed by atoms with Crippen molar-refractivity contribution in [2.45, 2.75) is 31.3 Å². The molecule has 14 heteroatoms. The van der Waals surface area contributed by atoms with Gasteiger partial charge in [-0.2, -0.15) is 0 Å². The van der Waals surface area contributed by atoms with E-state index in [1.54, 1.807) is 22.9 Å². The van der Waals surface area contributed by atoms with Gasteiger partial charge in [0.05, 0.1) is 6.04 Å². The molecule has 5 rings (SSSR count). The number of allylic oxidation sites excluding steroid dienone is 2. The number of nitrogen functional groups attached to an aromatic ring is 1. The van der Waals surface area contributed by atoms with Crippen LogP contribution in [-0.4, -0.2) is 68.2 Å². The second-order valence-corrected chi connectivity index (χ2v) is 9.92. The Labute approximate surface area is 220 Å². The Kier molecular flexibility index (Phi) is 6.40. The molecule has 0 spiro atoms. The number of fused-ring (bicyclic) bond motifs is 1.